The minimum atomic E-state index is 0. The molecule has 8 heteroatoms. The van der Waals surface area contributed by atoms with Crippen LogP contribution in [-0.4, -0.2) is 44.0 Å². The number of nitrogens with zero attached hydrogens (tertiary/aromatic N) is 6. The number of benzene rings is 1. The first-order valence-corrected chi connectivity index (χ1v) is 10.7. The van der Waals surface area contributed by atoms with Crippen LogP contribution in [0, 0.1) is 0 Å². The maximum absolute atomic E-state index is 4.93. The molecule has 2 aromatic heterocycles. The Morgan fingerprint density at radius 1 is 1.13 bits per heavy atom. The molecule has 0 amide bonds. The Labute approximate surface area is 202 Å². The van der Waals surface area contributed by atoms with Gasteiger partial charge in [-0.2, -0.15) is 10.2 Å². The first kappa shape index (κ1) is 24.9. The van der Waals surface area contributed by atoms with Crippen LogP contribution >= 0.6 is 24.0 Å². The van der Waals surface area contributed by atoms with E-state index in [9.17, 15) is 0 Å². The van der Waals surface area contributed by atoms with Gasteiger partial charge in [0.25, 0.3) is 0 Å². The van der Waals surface area contributed by atoms with E-state index in [-0.39, 0.29) is 24.0 Å². The number of aliphatic imine (C=N–C) groups is 1. The van der Waals surface area contributed by atoms with E-state index in [1.807, 2.05) is 40.8 Å². The van der Waals surface area contributed by atoms with Gasteiger partial charge < -0.3 is 10.2 Å². The van der Waals surface area contributed by atoms with Crippen molar-refractivity contribution in [3.8, 4) is 5.69 Å². The number of hydrogen-bond donors (Lipinski definition) is 1. The van der Waals surface area contributed by atoms with Crippen molar-refractivity contribution in [1.29, 1.82) is 0 Å². The molecule has 2 heterocycles. The summed E-state index contributed by atoms with van der Waals surface area (Å²) in [4.78, 5) is 7.07. The van der Waals surface area contributed by atoms with Crippen LogP contribution in [0.3, 0.4) is 0 Å². The average molecular weight is 535 g/mol. The highest BCUT2D eigenvalue weighted by Gasteiger charge is 2.14. The Morgan fingerprint density at radius 3 is 2.52 bits per heavy atom. The quantitative estimate of drug-likeness (QED) is 0.270. The van der Waals surface area contributed by atoms with Crippen molar-refractivity contribution in [3.05, 3.63) is 65.2 Å². The summed E-state index contributed by atoms with van der Waals surface area (Å²) in [7, 11) is 4.08. The molecule has 0 aliphatic carbocycles. The van der Waals surface area contributed by atoms with Gasteiger partial charge >= 0.3 is 0 Å². The third-order valence-corrected chi connectivity index (χ3v) is 5.19. The number of para-hydroxylation sites is 1. The van der Waals surface area contributed by atoms with Crippen molar-refractivity contribution in [2.24, 2.45) is 12.0 Å². The van der Waals surface area contributed by atoms with Crippen LogP contribution in [0.5, 0.6) is 0 Å². The molecule has 0 bridgehead atoms. The van der Waals surface area contributed by atoms with E-state index in [1.165, 1.54) is 11.3 Å². The third-order valence-electron chi connectivity index (χ3n) is 5.19. The van der Waals surface area contributed by atoms with E-state index in [0.29, 0.717) is 6.54 Å². The Morgan fingerprint density at radius 2 is 1.87 bits per heavy atom. The first-order valence-electron chi connectivity index (χ1n) is 10.7. The van der Waals surface area contributed by atoms with Crippen molar-refractivity contribution in [1.82, 2.24) is 29.8 Å². The van der Waals surface area contributed by atoms with Crippen molar-refractivity contribution in [2.75, 3.05) is 13.6 Å². The summed E-state index contributed by atoms with van der Waals surface area (Å²) in [5.41, 5.74) is 5.85. The van der Waals surface area contributed by atoms with Crippen LogP contribution < -0.4 is 5.32 Å². The summed E-state index contributed by atoms with van der Waals surface area (Å²) in [5, 5.41) is 12.6. The lowest BCUT2D eigenvalue weighted by Gasteiger charge is -2.21. The van der Waals surface area contributed by atoms with E-state index in [1.54, 1.807) is 0 Å². The number of aryl methyl sites for hydroxylation is 2. The summed E-state index contributed by atoms with van der Waals surface area (Å²) in [6, 6.07) is 10.2. The number of hydrogen-bond acceptors (Lipinski definition) is 3. The first-order chi connectivity index (χ1) is 14.6. The molecule has 3 rings (SSSR count). The lowest BCUT2D eigenvalue weighted by Crippen LogP contribution is -2.38. The Hall–Kier alpha value is -2.36. The molecule has 7 nitrogen and oxygen atoms in total. The molecule has 0 saturated carbocycles. The zero-order chi connectivity index (χ0) is 21.5. The molecule has 0 atom stereocenters. The largest absolute Gasteiger partial charge is 0.357 e. The van der Waals surface area contributed by atoms with Crippen molar-refractivity contribution >= 4 is 29.9 Å². The molecule has 31 heavy (non-hydrogen) atoms. The summed E-state index contributed by atoms with van der Waals surface area (Å²) in [6.45, 7) is 8.60. The van der Waals surface area contributed by atoms with Crippen molar-refractivity contribution in [3.63, 3.8) is 0 Å². The molecule has 1 N–H and O–H groups in total. The lowest BCUT2D eigenvalue weighted by atomic mass is 10.1. The summed E-state index contributed by atoms with van der Waals surface area (Å²) < 4.78 is 3.90. The standard InChI is InChI=1S/C23H33N7.HI/c1-6-21-20(22(7-2)29(5)27-21)15-25-23(24-8-3)28(4)16-18-14-26-30(17-18)19-12-10-9-11-13-19;/h9-14,17H,6-8,15-16H2,1-5H3,(H,24,25);1H. The highest BCUT2D eigenvalue weighted by atomic mass is 127. The van der Waals surface area contributed by atoms with Gasteiger partial charge in [0.15, 0.2) is 5.96 Å². The van der Waals surface area contributed by atoms with Gasteiger partial charge in [0.1, 0.15) is 0 Å². The van der Waals surface area contributed by atoms with Gasteiger partial charge in [-0.15, -0.1) is 24.0 Å². The zero-order valence-corrected chi connectivity index (χ0v) is 21.5. The van der Waals surface area contributed by atoms with Crippen LogP contribution in [0.15, 0.2) is 47.7 Å². The third kappa shape index (κ3) is 6.09. The van der Waals surface area contributed by atoms with Crippen molar-refractivity contribution in [2.45, 2.75) is 46.7 Å². The van der Waals surface area contributed by atoms with Crippen LogP contribution in [0.25, 0.3) is 5.69 Å². The number of guanidine groups is 1. The van der Waals surface area contributed by atoms with Gasteiger partial charge in [0, 0.05) is 50.2 Å². The predicted octanol–water partition coefficient (Wildman–Crippen LogP) is 3.95. The Kier molecular flexibility index (Phi) is 9.54. The number of nitrogens with one attached hydrogen (secondary N) is 1. The molecule has 3 aromatic rings. The molecule has 0 radical (unpaired) electrons. The highest BCUT2D eigenvalue weighted by Crippen LogP contribution is 2.17. The molecular weight excluding hydrogens is 501 g/mol. The number of halogens is 1. The summed E-state index contributed by atoms with van der Waals surface area (Å²) in [6.07, 6.45) is 5.86. The van der Waals surface area contributed by atoms with E-state index < -0.39 is 0 Å². The van der Waals surface area contributed by atoms with Crippen molar-refractivity contribution < 1.29 is 0 Å². The molecule has 0 unspecified atom stereocenters. The summed E-state index contributed by atoms with van der Waals surface area (Å²) >= 11 is 0. The van der Waals surface area contributed by atoms with Gasteiger partial charge in [-0.1, -0.05) is 32.0 Å². The molecular formula is C23H34IN7. The zero-order valence-electron chi connectivity index (χ0n) is 19.2. The fourth-order valence-corrected chi connectivity index (χ4v) is 3.71. The second-order valence-electron chi connectivity index (χ2n) is 7.36. The molecule has 0 saturated heterocycles. The smallest absolute Gasteiger partial charge is 0.194 e. The van der Waals surface area contributed by atoms with E-state index in [0.717, 1.165) is 48.8 Å². The highest BCUT2D eigenvalue weighted by molar-refractivity contribution is 14.0. The maximum Gasteiger partial charge on any atom is 0.194 e. The molecule has 0 aliphatic rings. The van der Waals surface area contributed by atoms with Crippen LogP contribution in [-0.2, 0) is 33.0 Å². The topological polar surface area (TPSA) is 63.3 Å². The number of aromatic nitrogens is 4. The minimum absolute atomic E-state index is 0. The fourth-order valence-electron chi connectivity index (χ4n) is 3.71. The molecule has 0 aliphatic heterocycles. The normalized spacial score (nSPS) is 11.3. The van der Waals surface area contributed by atoms with Crippen LogP contribution in [0.2, 0.25) is 0 Å². The fraction of sp³-hybridized carbons (Fsp3) is 0.435. The number of rotatable bonds is 8. The molecule has 0 fully saturated rings. The monoisotopic (exact) mass is 535 g/mol. The van der Waals surface area contributed by atoms with Crippen LogP contribution in [0.4, 0.5) is 0 Å². The van der Waals surface area contributed by atoms with Gasteiger partial charge in [-0.25, -0.2) is 9.67 Å². The molecule has 168 valence electrons. The lowest BCUT2D eigenvalue weighted by molar-refractivity contribution is 0.476. The van der Waals surface area contributed by atoms with Gasteiger partial charge in [-0.05, 0) is 31.9 Å². The Balaban J connectivity index is 0.00000341. The van der Waals surface area contributed by atoms with Gasteiger partial charge in [-0.3, -0.25) is 4.68 Å². The van der Waals surface area contributed by atoms with E-state index in [2.05, 4.69) is 66.6 Å². The SMILES string of the molecule is CCNC(=NCc1c(CC)nn(C)c1CC)N(C)Cc1cnn(-c2ccccc2)c1.I. The predicted molar refractivity (Wildman–Crippen MR) is 137 cm³/mol. The van der Waals surface area contributed by atoms with Gasteiger partial charge in [0.05, 0.1) is 24.1 Å². The van der Waals surface area contributed by atoms with Gasteiger partial charge in [0.2, 0.25) is 0 Å². The van der Waals surface area contributed by atoms with E-state index in [4.69, 9.17) is 4.99 Å². The maximum atomic E-state index is 4.93. The minimum Gasteiger partial charge on any atom is -0.357 e. The second-order valence-corrected chi connectivity index (χ2v) is 7.36. The Bertz CT molecular complexity index is 975. The average Bonchev–Trinajstić information content (AvgIpc) is 3.35. The summed E-state index contributed by atoms with van der Waals surface area (Å²) in [5.74, 6) is 0.887. The van der Waals surface area contributed by atoms with E-state index >= 15 is 0 Å². The second kappa shape index (κ2) is 11.9. The molecule has 0 spiro atoms. The molecule has 1 aromatic carbocycles. The van der Waals surface area contributed by atoms with Crippen LogP contribution in [0.1, 0.15) is 43.3 Å².